The summed E-state index contributed by atoms with van der Waals surface area (Å²) >= 11 is 0. The quantitative estimate of drug-likeness (QED) is 0.774. The third-order valence-corrected chi connectivity index (χ3v) is 3.37. The number of carbonyl (C=O) groups is 1. The van der Waals surface area contributed by atoms with Crippen LogP contribution >= 0.6 is 0 Å². The molecule has 0 aliphatic carbocycles. The third-order valence-electron chi connectivity index (χ3n) is 3.37. The molecule has 0 bridgehead atoms. The molecular formula is C15H23N3O2. The van der Waals surface area contributed by atoms with Crippen LogP contribution in [0, 0.1) is 0 Å². The van der Waals surface area contributed by atoms with Crippen LogP contribution < -0.4 is 16.0 Å². The summed E-state index contributed by atoms with van der Waals surface area (Å²) in [7, 11) is 0. The standard InChI is InChI=1S/C15H23N3O2/c1-2-20-15(19)18-13-8-6-12(7-9-13)17-11-14-5-3-4-10-16-14/h6-9,14,16-17H,2-5,10-11H2,1H3,(H,18,19). The van der Waals surface area contributed by atoms with E-state index in [2.05, 4.69) is 16.0 Å². The largest absolute Gasteiger partial charge is 0.450 e. The normalized spacial score (nSPS) is 18.4. The van der Waals surface area contributed by atoms with Gasteiger partial charge in [-0.3, -0.25) is 5.32 Å². The van der Waals surface area contributed by atoms with E-state index in [0.717, 1.165) is 24.5 Å². The molecule has 1 aliphatic heterocycles. The van der Waals surface area contributed by atoms with Gasteiger partial charge in [0.25, 0.3) is 0 Å². The van der Waals surface area contributed by atoms with Crippen molar-refractivity contribution in [3.8, 4) is 0 Å². The first-order chi connectivity index (χ1) is 9.78. The van der Waals surface area contributed by atoms with Gasteiger partial charge in [-0.05, 0) is 50.6 Å². The van der Waals surface area contributed by atoms with Crippen molar-refractivity contribution in [3.63, 3.8) is 0 Å². The van der Waals surface area contributed by atoms with Crippen LogP contribution in [0.4, 0.5) is 16.2 Å². The van der Waals surface area contributed by atoms with Crippen LogP contribution in [0.25, 0.3) is 0 Å². The zero-order valence-corrected chi connectivity index (χ0v) is 11.9. The van der Waals surface area contributed by atoms with E-state index in [0.29, 0.717) is 12.6 Å². The SMILES string of the molecule is CCOC(=O)Nc1ccc(NCC2CCCCN2)cc1. The Morgan fingerprint density at radius 3 is 2.70 bits per heavy atom. The number of amides is 1. The molecule has 0 saturated carbocycles. The molecule has 5 nitrogen and oxygen atoms in total. The second kappa shape index (κ2) is 7.75. The summed E-state index contributed by atoms with van der Waals surface area (Å²) in [4.78, 5) is 11.3. The van der Waals surface area contributed by atoms with E-state index < -0.39 is 6.09 Å². The number of hydrogen-bond donors (Lipinski definition) is 3. The molecule has 1 fully saturated rings. The van der Waals surface area contributed by atoms with Crippen molar-refractivity contribution in [2.24, 2.45) is 0 Å². The predicted octanol–water partition coefficient (Wildman–Crippen LogP) is 2.81. The van der Waals surface area contributed by atoms with Gasteiger partial charge in [-0.1, -0.05) is 6.42 Å². The fourth-order valence-corrected chi connectivity index (χ4v) is 2.30. The van der Waals surface area contributed by atoms with Gasteiger partial charge in [-0.2, -0.15) is 0 Å². The van der Waals surface area contributed by atoms with Gasteiger partial charge in [0, 0.05) is 24.0 Å². The Hall–Kier alpha value is -1.75. The average molecular weight is 277 g/mol. The number of carbonyl (C=O) groups excluding carboxylic acids is 1. The van der Waals surface area contributed by atoms with Gasteiger partial charge in [-0.25, -0.2) is 4.79 Å². The average Bonchev–Trinajstić information content (AvgIpc) is 2.48. The first-order valence-corrected chi connectivity index (χ1v) is 7.29. The second-order valence-corrected chi connectivity index (χ2v) is 4.95. The lowest BCUT2D eigenvalue weighted by Crippen LogP contribution is -2.39. The molecule has 20 heavy (non-hydrogen) atoms. The molecule has 2 rings (SSSR count). The topological polar surface area (TPSA) is 62.4 Å². The Kier molecular flexibility index (Phi) is 5.68. The Labute approximate surface area is 120 Å². The fourth-order valence-electron chi connectivity index (χ4n) is 2.30. The number of anilines is 2. The maximum Gasteiger partial charge on any atom is 0.411 e. The molecule has 1 aliphatic rings. The van der Waals surface area contributed by atoms with E-state index in [1.54, 1.807) is 6.92 Å². The van der Waals surface area contributed by atoms with Crippen molar-refractivity contribution in [2.45, 2.75) is 32.2 Å². The van der Waals surface area contributed by atoms with Gasteiger partial charge in [0.15, 0.2) is 0 Å². The molecule has 1 unspecified atom stereocenters. The van der Waals surface area contributed by atoms with Crippen molar-refractivity contribution in [1.29, 1.82) is 0 Å². The van der Waals surface area contributed by atoms with Crippen LogP contribution in [0.15, 0.2) is 24.3 Å². The maximum atomic E-state index is 11.3. The lowest BCUT2D eigenvalue weighted by Gasteiger charge is -2.24. The number of benzene rings is 1. The highest BCUT2D eigenvalue weighted by atomic mass is 16.5. The highest BCUT2D eigenvalue weighted by Gasteiger charge is 2.11. The molecule has 1 amide bonds. The van der Waals surface area contributed by atoms with Gasteiger partial charge in [0.1, 0.15) is 0 Å². The molecule has 0 radical (unpaired) electrons. The number of rotatable bonds is 5. The van der Waals surface area contributed by atoms with Crippen molar-refractivity contribution < 1.29 is 9.53 Å². The van der Waals surface area contributed by atoms with Crippen LogP contribution in [0.2, 0.25) is 0 Å². The maximum absolute atomic E-state index is 11.3. The molecule has 1 heterocycles. The predicted molar refractivity (Wildman–Crippen MR) is 81.2 cm³/mol. The molecule has 0 spiro atoms. The lowest BCUT2D eigenvalue weighted by molar-refractivity contribution is 0.168. The van der Waals surface area contributed by atoms with Crippen molar-refractivity contribution in [2.75, 3.05) is 30.3 Å². The Morgan fingerprint density at radius 2 is 2.05 bits per heavy atom. The highest BCUT2D eigenvalue weighted by molar-refractivity contribution is 5.84. The van der Waals surface area contributed by atoms with Gasteiger partial charge in [0.05, 0.1) is 6.61 Å². The minimum absolute atomic E-state index is 0.375. The van der Waals surface area contributed by atoms with E-state index in [4.69, 9.17) is 4.74 Å². The molecule has 0 aromatic heterocycles. The summed E-state index contributed by atoms with van der Waals surface area (Å²) in [5.74, 6) is 0. The summed E-state index contributed by atoms with van der Waals surface area (Å²) in [6.45, 7) is 4.21. The second-order valence-electron chi connectivity index (χ2n) is 4.95. The number of nitrogens with one attached hydrogen (secondary N) is 3. The number of piperidine rings is 1. The number of hydrogen-bond acceptors (Lipinski definition) is 4. The molecule has 1 aromatic carbocycles. The monoisotopic (exact) mass is 277 g/mol. The van der Waals surface area contributed by atoms with Crippen LogP contribution in [-0.2, 0) is 4.74 Å². The lowest BCUT2D eigenvalue weighted by atomic mass is 10.1. The van der Waals surface area contributed by atoms with Gasteiger partial charge in [0.2, 0.25) is 0 Å². The van der Waals surface area contributed by atoms with Crippen LogP contribution in [0.5, 0.6) is 0 Å². The first-order valence-electron chi connectivity index (χ1n) is 7.29. The Morgan fingerprint density at radius 1 is 1.30 bits per heavy atom. The zero-order valence-electron chi connectivity index (χ0n) is 11.9. The molecule has 110 valence electrons. The van der Waals surface area contributed by atoms with Gasteiger partial charge < -0.3 is 15.4 Å². The van der Waals surface area contributed by atoms with E-state index in [9.17, 15) is 4.79 Å². The van der Waals surface area contributed by atoms with E-state index in [1.165, 1.54) is 19.3 Å². The van der Waals surface area contributed by atoms with E-state index >= 15 is 0 Å². The van der Waals surface area contributed by atoms with Crippen LogP contribution in [0.1, 0.15) is 26.2 Å². The third kappa shape index (κ3) is 4.74. The summed E-state index contributed by atoms with van der Waals surface area (Å²) < 4.78 is 4.83. The fraction of sp³-hybridized carbons (Fsp3) is 0.533. The summed E-state index contributed by atoms with van der Waals surface area (Å²) in [6, 6.07) is 8.22. The van der Waals surface area contributed by atoms with Crippen molar-refractivity contribution in [1.82, 2.24) is 5.32 Å². The molecule has 1 atom stereocenters. The Balaban J connectivity index is 1.77. The van der Waals surface area contributed by atoms with Gasteiger partial charge >= 0.3 is 6.09 Å². The molecule has 3 N–H and O–H groups in total. The van der Waals surface area contributed by atoms with Gasteiger partial charge in [-0.15, -0.1) is 0 Å². The van der Waals surface area contributed by atoms with E-state index in [1.807, 2.05) is 24.3 Å². The minimum Gasteiger partial charge on any atom is -0.450 e. The van der Waals surface area contributed by atoms with Crippen molar-refractivity contribution in [3.05, 3.63) is 24.3 Å². The highest BCUT2D eigenvalue weighted by Crippen LogP contribution is 2.15. The molecular weight excluding hydrogens is 254 g/mol. The first kappa shape index (κ1) is 14.7. The minimum atomic E-state index is -0.417. The molecule has 1 aromatic rings. The van der Waals surface area contributed by atoms with Crippen LogP contribution in [-0.4, -0.2) is 31.8 Å². The smallest absolute Gasteiger partial charge is 0.411 e. The van der Waals surface area contributed by atoms with Crippen LogP contribution in [0.3, 0.4) is 0 Å². The van der Waals surface area contributed by atoms with E-state index in [-0.39, 0.29) is 0 Å². The molecule has 5 heteroatoms. The summed E-state index contributed by atoms with van der Waals surface area (Å²) in [6.07, 6.45) is 3.40. The summed E-state index contributed by atoms with van der Waals surface area (Å²) in [5.41, 5.74) is 1.80. The summed E-state index contributed by atoms with van der Waals surface area (Å²) in [5, 5.41) is 9.59. The molecule has 1 saturated heterocycles. The Bertz CT molecular complexity index is 414. The van der Waals surface area contributed by atoms with Crippen molar-refractivity contribution >= 4 is 17.5 Å². The number of ether oxygens (including phenoxy) is 1. The zero-order chi connectivity index (χ0) is 14.2.